The highest BCUT2D eigenvalue weighted by Crippen LogP contribution is 2.21. The number of aliphatic hydroxyl groups excluding tert-OH is 5. The summed E-state index contributed by atoms with van der Waals surface area (Å²) in [5.41, 5.74) is 5.55. The van der Waals surface area contributed by atoms with Crippen molar-refractivity contribution in [2.75, 3.05) is 32.9 Å². The molecule has 29 heteroatoms. The Bertz CT molecular complexity index is 2400. The Kier molecular flexibility index (Phi) is 34.9. The second-order valence-electron chi connectivity index (χ2n) is 21.7. The molecule has 0 radical (unpaired) electrons. The number of unbranched alkanes of at least 4 members (excludes halogenated alkanes) is 12. The molecular formula is C57H93N11O18. The van der Waals surface area contributed by atoms with Gasteiger partial charge in [-0.2, -0.15) is 0 Å². The molecule has 11 atom stereocenters. The zero-order valence-electron chi connectivity index (χ0n) is 50.0. The Labute approximate surface area is 501 Å². The first kappa shape index (κ1) is 74.8. The van der Waals surface area contributed by atoms with Gasteiger partial charge < -0.3 is 94.3 Å². The average molecular weight is 1220 g/mol. The third kappa shape index (κ3) is 27.4. The minimum atomic E-state index is -2.11. The number of amides is 10. The third-order valence-electron chi connectivity index (χ3n) is 14.1. The molecule has 0 unspecified atom stereocenters. The summed E-state index contributed by atoms with van der Waals surface area (Å²) in [5.74, 6) is -12.9. The van der Waals surface area contributed by atoms with Crippen LogP contribution in [0.1, 0.15) is 149 Å². The van der Waals surface area contributed by atoms with Crippen LogP contribution in [0.3, 0.4) is 0 Å². The number of carbonyl (C=O) groups is 11. The fourth-order valence-electron chi connectivity index (χ4n) is 8.81. The first-order valence-corrected chi connectivity index (χ1v) is 29.4. The smallest absolute Gasteiger partial charge is 0.325 e. The summed E-state index contributed by atoms with van der Waals surface area (Å²) in [6.07, 6.45) is 8.04. The molecule has 0 aromatic heterocycles. The van der Waals surface area contributed by atoms with Gasteiger partial charge in [0.2, 0.25) is 47.3 Å². The van der Waals surface area contributed by atoms with Gasteiger partial charge in [0.1, 0.15) is 66.8 Å². The number of carbonyl (C=O) groups excluding carboxylic acids is 11. The summed E-state index contributed by atoms with van der Waals surface area (Å²) in [6.45, 7) is 7.15. The number of cyclic esters (lactones) is 1. The number of benzene rings is 1. The predicted molar refractivity (Wildman–Crippen MR) is 311 cm³/mol. The topological polar surface area (TPSA) is 465 Å². The molecule has 1 saturated heterocycles. The standard InChI is InChI=1S/C57H93N11O18/c1-7-8-9-10-11-12-13-14-15-16-17-18-19-20-38(58)48(76)57(85)67-45(35(6)71)55(83)68-46(47(75)36-21-23-37(72)24-22-36)56(84)65-41(31-70)53(81)63-39(25-27-69)51(79)64-40-26-28-86-43(74)30-60-49(77)33(4)61-42(73)29-59-50(78)34(5)62-54(82)44(32(2)3)66-52(40)80/h21-24,32-33,35,38-41,44-48,69-72,75-76H,5,7-20,25-31,58H2,1-4,6H3,(H,59,78)(H,60,77)(H,61,73)(H,62,82)(H,63,81)(H,64,79)(H,65,84)(H,66,80)(H,67,85)(H,68,83)/t33-,35+,38-,39-,40+,41-,44-,45-,46-,47-,48-/m0/s1. The zero-order valence-corrected chi connectivity index (χ0v) is 50.0. The van der Waals surface area contributed by atoms with Crippen molar-refractivity contribution in [3.05, 3.63) is 42.1 Å². The molecule has 0 spiro atoms. The highest BCUT2D eigenvalue weighted by Gasteiger charge is 2.39. The molecule has 86 heavy (non-hydrogen) atoms. The van der Waals surface area contributed by atoms with Crippen molar-refractivity contribution >= 4 is 65.0 Å². The van der Waals surface area contributed by atoms with E-state index in [1.165, 1.54) is 77.8 Å². The lowest BCUT2D eigenvalue weighted by atomic mass is 9.99. The summed E-state index contributed by atoms with van der Waals surface area (Å²) < 4.78 is 5.17. The van der Waals surface area contributed by atoms with Crippen LogP contribution in [-0.2, 0) is 57.5 Å². The van der Waals surface area contributed by atoms with Crippen molar-refractivity contribution in [3.63, 3.8) is 0 Å². The SMILES string of the molecule is C=C1NC(=O)[C@H](C(C)C)NC(=O)[C@H](NC(=O)[C@H](CCO)NC(=O)[C@H](CO)NC(=O)[C@@H](NC(=O)[C@@H](NC(=O)[C@@H](O)[C@@H](N)CCCCCCCCCCCCCCC)[C@@H](C)O)[C@@H](O)c2ccc(O)cc2)CCOC(=O)CNC(=O)[C@H](C)NC(=O)CNC1=O. The molecule has 484 valence electrons. The molecule has 1 fully saturated rings. The highest BCUT2D eigenvalue weighted by molar-refractivity contribution is 6.01. The molecule has 10 amide bonds. The van der Waals surface area contributed by atoms with Gasteiger partial charge in [-0.25, -0.2) is 0 Å². The van der Waals surface area contributed by atoms with Crippen molar-refractivity contribution in [1.29, 1.82) is 0 Å². The monoisotopic (exact) mass is 1220 g/mol. The number of esters is 1. The largest absolute Gasteiger partial charge is 0.508 e. The zero-order chi connectivity index (χ0) is 64.5. The fourth-order valence-corrected chi connectivity index (χ4v) is 8.81. The van der Waals surface area contributed by atoms with Gasteiger partial charge in [0.25, 0.3) is 11.8 Å². The van der Waals surface area contributed by atoms with Gasteiger partial charge in [-0.05, 0) is 50.3 Å². The molecular weight excluding hydrogens is 1130 g/mol. The van der Waals surface area contributed by atoms with Gasteiger partial charge in [0, 0.05) is 19.1 Å². The van der Waals surface area contributed by atoms with E-state index in [0.717, 1.165) is 51.2 Å². The predicted octanol–water partition coefficient (Wildman–Crippen LogP) is -2.77. The van der Waals surface area contributed by atoms with Crippen LogP contribution < -0.4 is 58.9 Å². The number of nitrogens with one attached hydrogen (secondary N) is 10. The third-order valence-corrected chi connectivity index (χ3v) is 14.1. The number of hydrogen-bond donors (Lipinski definition) is 17. The normalized spacial score (nSPS) is 19.6. The van der Waals surface area contributed by atoms with Crippen molar-refractivity contribution in [3.8, 4) is 5.75 Å². The van der Waals surface area contributed by atoms with Crippen molar-refractivity contribution in [1.82, 2.24) is 53.2 Å². The van der Waals surface area contributed by atoms with Crippen LogP contribution in [0.25, 0.3) is 0 Å². The molecule has 1 aromatic carbocycles. The Morgan fingerprint density at radius 1 is 0.674 bits per heavy atom. The van der Waals surface area contributed by atoms with E-state index in [9.17, 15) is 83.4 Å². The number of nitrogens with two attached hydrogens (primary N) is 1. The van der Waals surface area contributed by atoms with Crippen LogP contribution in [0, 0.1) is 5.92 Å². The maximum atomic E-state index is 14.1. The number of aromatic hydroxyl groups is 1. The van der Waals surface area contributed by atoms with Crippen molar-refractivity contribution < 1.29 is 88.1 Å². The Balaban J connectivity index is 2.29. The molecule has 1 heterocycles. The van der Waals surface area contributed by atoms with E-state index in [1.54, 1.807) is 0 Å². The number of ether oxygens (including phenoxy) is 1. The summed E-state index contributed by atoms with van der Waals surface area (Å²) in [4.78, 5) is 147. The number of hydrogen-bond acceptors (Lipinski definition) is 19. The minimum absolute atomic E-state index is 0.0878. The van der Waals surface area contributed by atoms with E-state index >= 15 is 0 Å². The molecule has 1 aliphatic heterocycles. The lowest BCUT2D eigenvalue weighted by Crippen LogP contribution is -2.62. The fraction of sp³-hybridized carbons (Fsp3) is 0.667. The van der Waals surface area contributed by atoms with Crippen molar-refractivity contribution in [2.24, 2.45) is 11.7 Å². The summed E-state index contributed by atoms with van der Waals surface area (Å²) in [6, 6.07) is -8.50. The van der Waals surface area contributed by atoms with Crippen LogP contribution in [-0.4, -0.2) is 189 Å². The lowest BCUT2D eigenvalue weighted by Gasteiger charge is -2.30. The molecule has 1 aromatic rings. The molecule has 1 aliphatic rings. The van der Waals surface area contributed by atoms with E-state index in [4.69, 9.17) is 10.5 Å². The van der Waals surface area contributed by atoms with E-state index in [2.05, 4.69) is 66.7 Å². The van der Waals surface area contributed by atoms with Crippen molar-refractivity contribution in [2.45, 2.75) is 204 Å². The number of phenolic OH excluding ortho intramolecular Hbond substituents is 1. The first-order valence-electron chi connectivity index (χ1n) is 29.4. The van der Waals surface area contributed by atoms with Gasteiger partial charge in [-0.15, -0.1) is 0 Å². The van der Waals surface area contributed by atoms with Gasteiger partial charge in [-0.3, -0.25) is 52.7 Å². The van der Waals surface area contributed by atoms with E-state index in [0.29, 0.717) is 6.42 Å². The maximum absolute atomic E-state index is 14.1. The highest BCUT2D eigenvalue weighted by atomic mass is 16.5. The molecule has 0 aliphatic carbocycles. The molecule has 2 rings (SSSR count). The number of phenols is 1. The van der Waals surface area contributed by atoms with Crippen LogP contribution in [0.4, 0.5) is 0 Å². The van der Waals surface area contributed by atoms with Crippen LogP contribution in [0.5, 0.6) is 5.75 Å². The van der Waals surface area contributed by atoms with Crippen LogP contribution >= 0.6 is 0 Å². The van der Waals surface area contributed by atoms with Crippen LogP contribution in [0.2, 0.25) is 0 Å². The van der Waals surface area contributed by atoms with E-state index < -0.39 is 189 Å². The second-order valence-corrected chi connectivity index (χ2v) is 21.7. The number of aliphatic hydroxyl groups is 5. The summed E-state index contributed by atoms with van der Waals surface area (Å²) in [7, 11) is 0. The quantitative estimate of drug-likeness (QED) is 0.0197. The Hall–Kier alpha value is -7.31. The lowest BCUT2D eigenvalue weighted by molar-refractivity contribution is -0.145. The molecule has 0 bridgehead atoms. The minimum Gasteiger partial charge on any atom is -0.508 e. The van der Waals surface area contributed by atoms with Gasteiger partial charge in [0.05, 0.1) is 31.6 Å². The first-order chi connectivity index (χ1) is 40.8. The van der Waals surface area contributed by atoms with E-state index in [1.807, 2.05) is 0 Å². The summed E-state index contributed by atoms with van der Waals surface area (Å²) in [5, 5.41) is 86.1. The van der Waals surface area contributed by atoms with E-state index in [-0.39, 0.29) is 17.7 Å². The molecule has 18 N–H and O–H groups in total. The molecule has 29 nitrogen and oxygen atoms in total. The molecule has 0 saturated carbocycles. The van der Waals surface area contributed by atoms with Gasteiger partial charge in [-0.1, -0.05) is 123 Å². The average Bonchev–Trinajstić information content (AvgIpc) is 2.43. The summed E-state index contributed by atoms with van der Waals surface area (Å²) >= 11 is 0. The van der Waals surface area contributed by atoms with Gasteiger partial charge in [0.15, 0.2) is 0 Å². The van der Waals surface area contributed by atoms with Crippen LogP contribution in [0.15, 0.2) is 36.5 Å². The van der Waals surface area contributed by atoms with Gasteiger partial charge >= 0.3 is 5.97 Å². The Morgan fingerprint density at radius 3 is 1.79 bits per heavy atom. The maximum Gasteiger partial charge on any atom is 0.325 e. The number of rotatable bonds is 32. The Morgan fingerprint density at radius 2 is 1.23 bits per heavy atom. The second kappa shape index (κ2) is 40.1.